The van der Waals surface area contributed by atoms with Crippen LogP contribution in [0.25, 0.3) is 10.9 Å². The van der Waals surface area contributed by atoms with Gasteiger partial charge < -0.3 is 15.4 Å². The third-order valence-corrected chi connectivity index (χ3v) is 9.74. The average Bonchev–Trinajstić information content (AvgIpc) is 3.44. The van der Waals surface area contributed by atoms with E-state index in [9.17, 15) is 14.4 Å². The molecule has 2 aromatic carbocycles. The standard InChI is InChI=1S/C45H56ClN3O4S2/c1-4-5-6-7-8-9-10-11-12-13-14-15-16-17-18-19-20-21-22-23-42(50)48-34-45(54,55)30-31-47-43(51)33-39-35(2)49(41-29-28-38(53-3)32-40(39)41)44(52)36-24-26-37(46)27-25-36/h5-6,8-9,11-12,14-15,17-18,20-21,24-29,32,54-55H,4,7,10,13,16,19,22-23,30-31,33-34H2,1-3H3,(H,47,51)(H,48,50)/b6-5-,9-8-,12-11-,15-14-,18-17-,21-20-. The van der Waals surface area contributed by atoms with Crippen LogP contribution in [0, 0.1) is 6.92 Å². The van der Waals surface area contributed by atoms with Gasteiger partial charge in [0.25, 0.3) is 5.91 Å². The molecule has 0 aliphatic heterocycles. The van der Waals surface area contributed by atoms with Crippen LogP contribution in [0.2, 0.25) is 5.02 Å². The molecule has 2 N–H and O–H groups in total. The molecular formula is C45H56ClN3O4S2. The van der Waals surface area contributed by atoms with Gasteiger partial charge in [-0.05, 0) is 106 Å². The Morgan fingerprint density at radius 2 is 1.35 bits per heavy atom. The van der Waals surface area contributed by atoms with Crippen molar-refractivity contribution >= 4 is 65.5 Å². The van der Waals surface area contributed by atoms with Gasteiger partial charge in [-0.2, -0.15) is 25.3 Å². The molecule has 0 radical (unpaired) electrons. The van der Waals surface area contributed by atoms with Crippen molar-refractivity contribution in [2.24, 2.45) is 0 Å². The number of nitrogens with one attached hydrogen (secondary N) is 2. The van der Waals surface area contributed by atoms with Gasteiger partial charge in [-0.3, -0.25) is 19.0 Å². The van der Waals surface area contributed by atoms with Crippen LogP contribution in [0.3, 0.4) is 0 Å². The highest BCUT2D eigenvalue weighted by Crippen LogP contribution is 2.31. The SMILES string of the molecule is CC/C=C\C/C=C\C/C=C\C/C=C\C/C=C\C/C=C\CCC(=O)NCC(S)(S)CCNC(=O)Cc1c(C)n(C(=O)c2ccc(Cl)cc2)c2ccc(OC)cc12. The molecule has 7 nitrogen and oxygen atoms in total. The van der Waals surface area contributed by atoms with Crippen molar-refractivity contribution < 1.29 is 19.1 Å². The molecule has 1 aromatic heterocycles. The highest BCUT2D eigenvalue weighted by atomic mass is 35.5. The van der Waals surface area contributed by atoms with E-state index in [0.717, 1.165) is 49.5 Å². The fourth-order valence-corrected chi connectivity index (χ4v) is 6.20. The summed E-state index contributed by atoms with van der Waals surface area (Å²) in [4.78, 5) is 39.2. The van der Waals surface area contributed by atoms with Gasteiger partial charge in [0.15, 0.2) is 0 Å². The Hall–Kier alpha value is -4.18. The Morgan fingerprint density at radius 1 is 0.782 bits per heavy atom. The smallest absolute Gasteiger partial charge is 0.262 e. The van der Waals surface area contributed by atoms with Gasteiger partial charge in [0.1, 0.15) is 5.75 Å². The molecule has 0 atom stereocenters. The van der Waals surface area contributed by atoms with E-state index in [1.165, 1.54) is 0 Å². The van der Waals surface area contributed by atoms with Gasteiger partial charge in [-0.25, -0.2) is 0 Å². The predicted molar refractivity (Wildman–Crippen MR) is 237 cm³/mol. The van der Waals surface area contributed by atoms with Crippen molar-refractivity contribution in [3.63, 3.8) is 0 Å². The molecule has 0 spiro atoms. The van der Waals surface area contributed by atoms with E-state index in [2.05, 4.69) is 110 Å². The zero-order chi connectivity index (χ0) is 39.9. The summed E-state index contributed by atoms with van der Waals surface area (Å²) in [5, 5.41) is 7.15. The van der Waals surface area contributed by atoms with E-state index in [1.54, 1.807) is 42.0 Å². The van der Waals surface area contributed by atoms with Crippen LogP contribution >= 0.6 is 36.9 Å². The molecule has 0 bridgehead atoms. The topological polar surface area (TPSA) is 89.4 Å². The van der Waals surface area contributed by atoms with Crippen LogP contribution < -0.4 is 15.4 Å². The molecule has 0 aliphatic rings. The number of halogens is 1. The number of thiol groups is 2. The fourth-order valence-electron chi connectivity index (χ4n) is 5.69. The number of amides is 2. The summed E-state index contributed by atoms with van der Waals surface area (Å²) in [5.74, 6) is 0.123. The summed E-state index contributed by atoms with van der Waals surface area (Å²) in [6.07, 6.45) is 33.1. The van der Waals surface area contributed by atoms with Crippen LogP contribution in [0.15, 0.2) is 115 Å². The second-order valence-electron chi connectivity index (χ2n) is 13.1. The van der Waals surface area contributed by atoms with E-state index >= 15 is 0 Å². The van der Waals surface area contributed by atoms with Crippen LogP contribution in [0.5, 0.6) is 5.75 Å². The fraction of sp³-hybridized carbons (Fsp3) is 0.356. The number of benzene rings is 2. The Labute approximate surface area is 343 Å². The number of fused-ring (bicyclic) bond motifs is 1. The number of allylic oxidation sites excluding steroid dienone is 12. The number of aromatic nitrogens is 1. The van der Waals surface area contributed by atoms with Crippen LogP contribution in [-0.2, 0) is 16.0 Å². The Bertz CT molecular complexity index is 1870. The third-order valence-electron chi connectivity index (χ3n) is 8.72. The molecule has 294 valence electrons. The first kappa shape index (κ1) is 45.2. The summed E-state index contributed by atoms with van der Waals surface area (Å²) in [6, 6.07) is 12.2. The van der Waals surface area contributed by atoms with E-state index in [4.69, 9.17) is 16.3 Å². The second-order valence-corrected chi connectivity index (χ2v) is 15.6. The quantitative estimate of drug-likeness (QED) is 0.0437. The van der Waals surface area contributed by atoms with Gasteiger partial charge in [-0.1, -0.05) is 91.4 Å². The van der Waals surface area contributed by atoms with Crippen molar-refractivity contribution in [1.82, 2.24) is 15.2 Å². The zero-order valence-corrected chi connectivity index (χ0v) is 34.9. The van der Waals surface area contributed by atoms with Gasteiger partial charge in [0, 0.05) is 41.2 Å². The summed E-state index contributed by atoms with van der Waals surface area (Å²) < 4.78 is 6.24. The molecule has 2 amide bonds. The lowest BCUT2D eigenvalue weighted by Gasteiger charge is -2.23. The number of nitrogens with zero attached hydrogens (tertiary/aromatic N) is 1. The van der Waals surface area contributed by atoms with Crippen LogP contribution in [-0.4, -0.2) is 46.6 Å². The minimum atomic E-state index is -0.818. The Morgan fingerprint density at radius 3 is 1.91 bits per heavy atom. The predicted octanol–water partition coefficient (Wildman–Crippen LogP) is 10.5. The van der Waals surface area contributed by atoms with Crippen LogP contribution in [0.1, 0.15) is 86.3 Å². The molecule has 0 aliphatic carbocycles. The highest BCUT2D eigenvalue weighted by molar-refractivity contribution is 8.00. The summed E-state index contributed by atoms with van der Waals surface area (Å²) in [5.41, 5.74) is 2.57. The molecule has 55 heavy (non-hydrogen) atoms. The minimum Gasteiger partial charge on any atom is -0.497 e. The highest BCUT2D eigenvalue weighted by Gasteiger charge is 2.24. The zero-order valence-electron chi connectivity index (χ0n) is 32.3. The first-order valence-corrected chi connectivity index (χ1v) is 20.2. The van der Waals surface area contributed by atoms with E-state index in [-0.39, 0.29) is 30.7 Å². The maximum atomic E-state index is 13.6. The van der Waals surface area contributed by atoms with Crippen molar-refractivity contribution in [2.75, 3.05) is 20.2 Å². The maximum absolute atomic E-state index is 13.6. The summed E-state index contributed by atoms with van der Waals surface area (Å²) >= 11 is 15.3. The monoisotopic (exact) mass is 801 g/mol. The number of carbonyl (C=O) groups is 3. The third kappa shape index (κ3) is 16.6. The first-order valence-electron chi connectivity index (χ1n) is 18.9. The molecule has 0 unspecified atom stereocenters. The van der Waals surface area contributed by atoms with Crippen molar-refractivity contribution in [2.45, 2.75) is 82.1 Å². The van der Waals surface area contributed by atoms with Crippen molar-refractivity contribution in [1.29, 1.82) is 0 Å². The lowest BCUT2D eigenvalue weighted by Crippen LogP contribution is -2.38. The number of methoxy groups -OCH3 is 1. The minimum absolute atomic E-state index is 0.0634. The van der Waals surface area contributed by atoms with E-state index in [0.29, 0.717) is 53.4 Å². The number of hydrogen-bond acceptors (Lipinski definition) is 6. The number of rotatable bonds is 23. The molecule has 3 rings (SSSR count). The molecule has 10 heteroatoms. The average molecular weight is 803 g/mol. The van der Waals surface area contributed by atoms with Gasteiger partial charge >= 0.3 is 0 Å². The van der Waals surface area contributed by atoms with Crippen LogP contribution in [0.4, 0.5) is 0 Å². The Balaban J connectivity index is 1.35. The number of carbonyl (C=O) groups excluding carboxylic acids is 3. The largest absolute Gasteiger partial charge is 0.497 e. The normalized spacial score (nSPS) is 12.5. The summed E-state index contributed by atoms with van der Waals surface area (Å²) in [6.45, 7) is 4.54. The molecule has 0 fully saturated rings. The molecule has 0 saturated heterocycles. The van der Waals surface area contributed by atoms with E-state index < -0.39 is 4.08 Å². The van der Waals surface area contributed by atoms with Gasteiger partial charge in [0.2, 0.25) is 11.8 Å². The second kappa shape index (κ2) is 25.1. The lowest BCUT2D eigenvalue weighted by molar-refractivity contribution is -0.121. The molecule has 3 aromatic rings. The van der Waals surface area contributed by atoms with E-state index in [1.807, 2.05) is 25.1 Å². The van der Waals surface area contributed by atoms with Gasteiger partial charge in [0.05, 0.1) is 23.1 Å². The molecule has 0 saturated carbocycles. The van der Waals surface area contributed by atoms with Crippen molar-refractivity contribution in [3.05, 3.63) is 137 Å². The van der Waals surface area contributed by atoms with Crippen molar-refractivity contribution in [3.8, 4) is 5.75 Å². The molecule has 1 heterocycles. The maximum Gasteiger partial charge on any atom is 0.262 e. The first-order chi connectivity index (χ1) is 26.6. The van der Waals surface area contributed by atoms with Gasteiger partial charge in [-0.15, -0.1) is 0 Å². The summed E-state index contributed by atoms with van der Waals surface area (Å²) in [7, 11) is 1.58. The number of hydrogen-bond donors (Lipinski definition) is 4. The molecular weight excluding hydrogens is 746 g/mol. The Kier molecular flexibility index (Phi) is 20.6. The lowest BCUT2D eigenvalue weighted by atomic mass is 10.1. The number of ether oxygens (including phenoxy) is 1.